The Labute approximate surface area is 129 Å². The zero-order valence-electron chi connectivity index (χ0n) is 14.4. The molecule has 0 aliphatic carbocycles. The fourth-order valence-corrected chi connectivity index (χ4v) is 3.29. The van der Waals surface area contributed by atoms with E-state index < -0.39 is 0 Å². The fraction of sp³-hybridized carbons (Fsp3) is 0.824. The lowest BCUT2D eigenvalue weighted by atomic mass is 9.94. The first kappa shape index (κ1) is 16.5. The zero-order chi connectivity index (χ0) is 15.4. The molecule has 2 rings (SSSR count). The predicted molar refractivity (Wildman–Crippen MR) is 88.3 cm³/mol. The summed E-state index contributed by atoms with van der Waals surface area (Å²) in [6.07, 6.45) is 3.46. The molecule has 1 aromatic rings. The van der Waals surface area contributed by atoms with Crippen molar-refractivity contribution in [2.75, 3.05) is 13.1 Å². The lowest BCUT2D eigenvalue weighted by Gasteiger charge is -2.43. The van der Waals surface area contributed by atoms with E-state index in [-0.39, 0.29) is 0 Å². The number of hydrogen-bond acceptors (Lipinski definition) is 3. The standard InChI is InChI=1S/C17H32N4/c1-6-13(4)17-10-18-15(8-3)11-21(17)12-16-9-14(7-2)19-20(16)5/h9,13,15,17-18H,6-8,10-12H2,1-5H3. The molecule has 4 heteroatoms. The summed E-state index contributed by atoms with van der Waals surface area (Å²) in [6.45, 7) is 12.4. The Bertz CT molecular complexity index is 440. The molecule has 120 valence electrons. The van der Waals surface area contributed by atoms with E-state index in [2.05, 4.69) is 60.8 Å². The van der Waals surface area contributed by atoms with Crippen molar-refractivity contribution in [2.45, 2.75) is 65.6 Å². The van der Waals surface area contributed by atoms with Crippen LogP contribution in [0.3, 0.4) is 0 Å². The summed E-state index contributed by atoms with van der Waals surface area (Å²) in [5.74, 6) is 0.731. The molecule has 1 aliphatic heterocycles. The number of aryl methyl sites for hydroxylation is 2. The van der Waals surface area contributed by atoms with Crippen LogP contribution in [-0.4, -0.2) is 39.9 Å². The van der Waals surface area contributed by atoms with Gasteiger partial charge in [-0.25, -0.2) is 0 Å². The molecule has 0 saturated carbocycles. The molecule has 1 aromatic heterocycles. The van der Waals surface area contributed by atoms with Crippen molar-refractivity contribution in [3.63, 3.8) is 0 Å². The number of nitrogens with zero attached hydrogens (tertiary/aromatic N) is 3. The first-order valence-corrected chi connectivity index (χ1v) is 8.58. The third-order valence-electron chi connectivity index (χ3n) is 5.09. The molecule has 4 nitrogen and oxygen atoms in total. The van der Waals surface area contributed by atoms with Gasteiger partial charge in [-0.15, -0.1) is 0 Å². The molecule has 0 bridgehead atoms. The van der Waals surface area contributed by atoms with Gasteiger partial charge in [-0.2, -0.15) is 5.10 Å². The van der Waals surface area contributed by atoms with Crippen molar-refractivity contribution in [2.24, 2.45) is 13.0 Å². The second kappa shape index (κ2) is 7.41. The monoisotopic (exact) mass is 292 g/mol. The molecule has 3 unspecified atom stereocenters. The first-order valence-electron chi connectivity index (χ1n) is 8.58. The van der Waals surface area contributed by atoms with Crippen molar-refractivity contribution in [1.29, 1.82) is 0 Å². The van der Waals surface area contributed by atoms with E-state index in [0.29, 0.717) is 12.1 Å². The van der Waals surface area contributed by atoms with Gasteiger partial charge in [-0.1, -0.05) is 34.1 Å². The van der Waals surface area contributed by atoms with Crippen molar-refractivity contribution in [1.82, 2.24) is 20.0 Å². The summed E-state index contributed by atoms with van der Waals surface area (Å²) in [6, 6.07) is 3.54. The number of hydrogen-bond donors (Lipinski definition) is 1. The van der Waals surface area contributed by atoms with Gasteiger partial charge in [0.05, 0.1) is 11.4 Å². The van der Waals surface area contributed by atoms with E-state index in [0.717, 1.165) is 32.0 Å². The maximum atomic E-state index is 4.60. The van der Waals surface area contributed by atoms with Gasteiger partial charge in [0, 0.05) is 38.8 Å². The van der Waals surface area contributed by atoms with Gasteiger partial charge in [0.15, 0.2) is 0 Å². The van der Waals surface area contributed by atoms with Crippen molar-refractivity contribution >= 4 is 0 Å². The van der Waals surface area contributed by atoms with Gasteiger partial charge in [0.25, 0.3) is 0 Å². The summed E-state index contributed by atoms with van der Waals surface area (Å²) in [4.78, 5) is 2.68. The normalized spacial score (nSPS) is 25.2. The second-order valence-corrected chi connectivity index (χ2v) is 6.50. The molecule has 1 aliphatic rings. The predicted octanol–water partition coefficient (Wildman–Crippen LogP) is 2.58. The highest BCUT2D eigenvalue weighted by Gasteiger charge is 2.30. The van der Waals surface area contributed by atoms with Crippen molar-refractivity contribution < 1.29 is 0 Å². The van der Waals surface area contributed by atoms with E-state index >= 15 is 0 Å². The summed E-state index contributed by atoms with van der Waals surface area (Å²) in [5.41, 5.74) is 2.55. The van der Waals surface area contributed by atoms with E-state index in [9.17, 15) is 0 Å². The number of piperazine rings is 1. The average Bonchev–Trinajstić information content (AvgIpc) is 2.86. The maximum Gasteiger partial charge on any atom is 0.0625 e. The number of nitrogens with one attached hydrogen (secondary N) is 1. The van der Waals surface area contributed by atoms with Crippen LogP contribution in [0, 0.1) is 5.92 Å². The van der Waals surface area contributed by atoms with E-state index in [1.165, 1.54) is 24.2 Å². The third-order valence-corrected chi connectivity index (χ3v) is 5.09. The molecule has 1 N–H and O–H groups in total. The lowest BCUT2D eigenvalue weighted by Crippen LogP contribution is -2.58. The molecule has 1 saturated heterocycles. The summed E-state index contributed by atoms with van der Waals surface area (Å²) < 4.78 is 2.06. The fourth-order valence-electron chi connectivity index (χ4n) is 3.29. The molecule has 0 radical (unpaired) electrons. The first-order chi connectivity index (χ1) is 10.1. The Morgan fingerprint density at radius 2 is 2.14 bits per heavy atom. The molecule has 0 spiro atoms. The van der Waals surface area contributed by atoms with Gasteiger partial charge in [0.1, 0.15) is 0 Å². The largest absolute Gasteiger partial charge is 0.311 e. The average molecular weight is 292 g/mol. The Kier molecular flexibility index (Phi) is 5.82. The van der Waals surface area contributed by atoms with Crippen molar-refractivity contribution in [3.05, 3.63) is 17.5 Å². The van der Waals surface area contributed by atoms with Gasteiger partial charge in [-0.05, 0) is 24.8 Å². The SMILES string of the molecule is CCc1cc(CN2CC(CC)NCC2C(C)CC)n(C)n1. The summed E-state index contributed by atoms with van der Waals surface area (Å²) >= 11 is 0. The third kappa shape index (κ3) is 3.86. The molecule has 21 heavy (non-hydrogen) atoms. The molecule has 0 aromatic carbocycles. The summed E-state index contributed by atoms with van der Waals surface area (Å²) in [7, 11) is 2.08. The van der Waals surface area contributed by atoms with E-state index in [4.69, 9.17) is 0 Å². The smallest absolute Gasteiger partial charge is 0.0625 e. The highest BCUT2D eigenvalue weighted by atomic mass is 15.3. The van der Waals surface area contributed by atoms with Crippen molar-refractivity contribution in [3.8, 4) is 0 Å². The Morgan fingerprint density at radius 1 is 1.38 bits per heavy atom. The van der Waals surface area contributed by atoms with Gasteiger partial charge >= 0.3 is 0 Å². The molecule has 0 amide bonds. The minimum Gasteiger partial charge on any atom is -0.311 e. The topological polar surface area (TPSA) is 33.1 Å². The molecule has 1 fully saturated rings. The van der Waals surface area contributed by atoms with E-state index in [1.54, 1.807) is 0 Å². The van der Waals surface area contributed by atoms with Crippen LogP contribution in [0.4, 0.5) is 0 Å². The van der Waals surface area contributed by atoms with Crippen LogP contribution < -0.4 is 5.32 Å². The van der Waals surface area contributed by atoms with Crippen LogP contribution in [0.2, 0.25) is 0 Å². The summed E-state index contributed by atoms with van der Waals surface area (Å²) in [5, 5.41) is 8.31. The highest BCUT2D eigenvalue weighted by Crippen LogP contribution is 2.21. The van der Waals surface area contributed by atoms with Crippen LogP contribution in [-0.2, 0) is 20.0 Å². The van der Waals surface area contributed by atoms with Crippen LogP contribution in [0.15, 0.2) is 6.07 Å². The quantitative estimate of drug-likeness (QED) is 0.875. The molecular weight excluding hydrogens is 260 g/mol. The number of aromatic nitrogens is 2. The van der Waals surface area contributed by atoms with E-state index in [1.807, 2.05) is 0 Å². The Morgan fingerprint density at radius 3 is 2.71 bits per heavy atom. The van der Waals surface area contributed by atoms with Crippen LogP contribution in [0.1, 0.15) is 51.9 Å². The van der Waals surface area contributed by atoms with Crippen LogP contribution in [0.5, 0.6) is 0 Å². The van der Waals surface area contributed by atoms with Gasteiger partial charge in [-0.3, -0.25) is 9.58 Å². The van der Waals surface area contributed by atoms with Gasteiger partial charge < -0.3 is 5.32 Å². The second-order valence-electron chi connectivity index (χ2n) is 6.50. The van der Waals surface area contributed by atoms with Gasteiger partial charge in [0.2, 0.25) is 0 Å². The zero-order valence-corrected chi connectivity index (χ0v) is 14.4. The molecular formula is C17H32N4. The minimum atomic E-state index is 0.629. The lowest BCUT2D eigenvalue weighted by molar-refractivity contribution is 0.0809. The van der Waals surface area contributed by atoms with Crippen LogP contribution in [0.25, 0.3) is 0 Å². The Balaban J connectivity index is 2.12. The number of rotatable bonds is 6. The maximum absolute atomic E-state index is 4.60. The minimum absolute atomic E-state index is 0.629. The molecule has 2 heterocycles. The highest BCUT2D eigenvalue weighted by molar-refractivity contribution is 5.10. The Hall–Kier alpha value is -0.870. The van der Waals surface area contributed by atoms with Crippen LogP contribution >= 0.6 is 0 Å². The molecule has 3 atom stereocenters.